The van der Waals surface area contributed by atoms with Crippen LogP contribution in [0.4, 0.5) is 0 Å². The van der Waals surface area contributed by atoms with E-state index in [4.69, 9.17) is 4.74 Å². The molecule has 0 saturated carbocycles. The molecule has 0 unspecified atom stereocenters. The van der Waals surface area contributed by atoms with Gasteiger partial charge in [0.1, 0.15) is 0 Å². The molecule has 0 spiro atoms. The van der Waals surface area contributed by atoms with E-state index in [2.05, 4.69) is 40.3 Å². The molecule has 1 rings (SSSR count). The Balaban J connectivity index is 2.35. The van der Waals surface area contributed by atoms with Crippen LogP contribution in [0.2, 0.25) is 0 Å². The molecule has 0 amide bonds. The predicted molar refractivity (Wildman–Crippen MR) is 76.3 cm³/mol. The van der Waals surface area contributed by atoms with Crippen LogP contribution in [0.1, 0.15) is 25.5 Å². The van der Waals surface area contributed by atoms with Gasteiger partial charge in [0.15, 0.2) is 0 Å². The minimum atomic E-state index is -0.296. The van der Waals surface area contributed by atoms with Crippen LogP contribution in [-0.2, 0) is 9.53 Å². The number of nitrogens with one attached hydrogen (secondary N) is 1. The first-order valence-electron chi connectivity index (χ1n) is 5.95. The second-order valence-electron chi connectivity index (χ2n) is 3.84. The summed E-state index contributed by atoms with van der Waals surface area (Å²) in [6.07, 6.45) is 3.22. The van der Waals surface area contributed by atoms with Crippen LogP contribution in [0.25, 0.3) is 0 Å². The molecule has 0 aliphatic heterocycles. The minimum Gasteiger partial charge on any atom is -0.463 e. The summed E-state index contributed by atoms with van der Waals surface area (Å²) in [5.41, 5.74) is 1.21. The van der Waals surface area contributed by atoms with Crippen LogP contribution in [0, 0.1) is 0 Å². The van der Waals surface area contributed by atoms with Gasteiger partial charge in [0.05, 0.1) is 6.61 Å². The SMILES string of the molecule is CCOC(=O)/C=C/CN[C@@H](C)c1ccc(Br)cc1. The number of ether oxygens (including phenoxy) is 1. The molecule has 3 nitrogen and oxygen atoms in total. The lowest BCUT2D eigenvalue weighted by Crippen LogP contribution is -2.18. The molecular weight excluding hydrogens is 294 g/mol. The van der Waals surface area contributed by atoms with Gasteiger partial charge in [0.25, 0.3) is 0 Å². The van der Waals surface area contributed by atoms with Crippen LogP contribution in [-0.4, -0.2) is 19.1 Å². The number of hydrogen-bond donors (Lipinski definition) is 1. The quantitative estimate of drug-likeness (QED) is 0.647. The number of hydrogen-bond acceptors (Lipinski definition) is 3. The van der Waals surface area contributed by atoms with Gasteiger partial charge in [0.2, 0.25) is 0 Å². The van der Waals surface area contributed by atoms with Crippen LogP contribution in [0.5, 0.6) is 0 Å². The summed E-state index contributed by atoms with van der Waals surface area (Å²) in [7, 11) is 0. The summed E-state index contributed by atoms with van der Waals surface area (Å²) >= 11 is 3.41. The number of rotatable bonds is 6. The maximum atomic E-state index is 11.1. The molecule has 0 saturated heterocycles. The van der Waals surface area contributed by atoms with E-state index in [1.807, 2.05) is 12.1 Å². The Bertz CT molecular complexity index is 401. The van der Waals surface area contributed by atoms with E-state index in [9.17, 15) is 4.79 Å². The summed E-state index contributed by atoms with van der Waals surface area (Å²) < 4.78 is 5.86. The molecule has 0 aromatic heterocycles. The van der Waals surface area contributed by atoms with Crippen molar-refractivity contribution in [3.63, 3.8) is 0 Å². The minimum absolute atomic E-state index is 0.241. The second kappa shape index (κ2) is 8.06. The summed E-state index contributed by atoms with van der Waals surface area (Å²) in [6.45, 7) is 4.92. The highest BCUT2D eigenvalue weighted by Gasteiger charge is 2.02. The van der Waals surface area contributed by atoms with Crippen molar-refractivity contribution < 1.29 is 9.53 Å². The molecule has 0 heterocycles. The Kier molecular flexibility index (Phi) is 6.68. The number of halogens is 1. The first-order valence-corrected chi connectivity index (χ1v) is 6.75. The Morgan fingerprint density at radius 1 is 1.44 bits per heavy atom. The zero-order valence-corrected chi connectivity index (χ0v) is 12.2. The standard InChI is InChI=1S/C14H18BrNO2/c1-3-18-14(17)5-4-10-16-11(2)12-6-8-13(15)9-7-12/h4-9,11,16H,3,10H2,1-2H3/b5-4+/t11-/m0/s1. The first kappa shape index (κ1) is 14.9. The highest BCUT2D eigenvalue weighted by atomic mass is 79.9. The third-order valence-corrected chi connectivity index (χ3v) is 2.98. The Hall–Kier alpha value is -1.13. The number of esters is 1. The highest BCUT2D eigenvalue weighted by Crippen LogP contribution is 2.16. The Labute approximate surface area is 116 Å². The van der Waals surface area contributed by atoms with Crippen molar-refractivity contribution in [2.24, 2.45) is 0 Å². The summed E-state index contributed by atoms with van der Waals surface area (Å²) in [5, 5.41) is 3.31. The molecular formula is C14H18BrNO2. The number of carbonyl (C=O) groups excluding carboxylic acids is 1. The Morgan fingerprint density at radius 2 is 2.11 bits per heavy atom. The highest BCUT2D eigenvalue weighted by molar-refractivity contribution is 9.10. The number of benzene rings is 1. The van der Waals surface area contributed by atoms with E-state index < -0.39 is 0 Å². The van der Waals surface area contributed by atoms with Crippen molar-refractivity contribution in [1.82, 2.24) is 5.32 Å². The molecule has 1 aromatic carbocycles. The van der Waals surface area contributed by atoms with Gasteiger partial charge < -0.3 is 10.1 Å². The monoisotopic (exact) mass is 311 g/mol. The Morgan fingerprint density at radius 3 is 2.72 bits per heavy atom. The summed E-state index contributed by atoms with van der Waals surface area (Å²) in [6, 6.07) is 8.40. The smallest absolute Gasteiger partial charge is 0.330 e. The third-order valence-electron chi connectivity index (χ3n) is 2.45. The van der Waals surface area contributed by atoms with Gasteiger partial charge in [-0.05, 0) is 31.5 Å². The average Bonchev–Trinajstić information content (AvgIpc) is 2.35. The molecule has 1 atom stereocenters. The lowest BCUT2D eigenvalue weighted by molar-refractivity contribution is -0.137. The van der Waals surface area contributed by atoms with E-state index in [1.165, 1.54) is 11.6 Å². The maximum Gasteiger partial charge on any atom is 0.330 e. The molecule has 18 heavy (non-hydrogen) atoms. The fourth-order valence-electron chi connectivity index (χ4n) is 1.46. The fraction of sp³-hybridized carbons (Fsp3) is 0.357. The van der Waals surface area contributed by atoms with E-state index in [-0.39, 0.29) is 12.0 Å². The van der Waals surface area contributed by atoms with E-state index in [0.717, 1.165) is 4.47 Å². The van der Waals surface area contributed by atoms with Gasteiger partial charge in [-0.2, -0.15) is 0 Å². The molecule has 0 bridgehead atoms. The predicted octanol–water partition coefficient (Wildman–Crippen LogP) is 3.22. The summed E-state index contributed by atoms with van der Waals surface area (Å²) in [5.74, 6) is -0.296. The van der Waals surface area contributed by atoms with Gasteiger partial charge in [-0.1, -0.05) is 34.1 Å². The normalized spacial score (nSPS) is 12.6. The zero-order chi connectivity index (χ0) is 13.4. The van der Waals surface area contributed by atoms with Crippen LogP contribution in [0.3, 0.4) is 0 Å². The van der Waals surface area contributed by atoms with Gasteiger partial charge in [0, 0.05) is 23.1 Å². The average molecular weight is 312 g/mol. The third kappa shape index (κ3) is 5.47. The molecule has 1 N–H and O–H groups in total. The van der Waals surface area contributed by atoms with E-state index >= 15 is 0 Å². The van der Waals surface area contributed by atoms with Gasteiger partial charge >= 0.3 is 5.97 Å². The second-order valence-corrected chi connectivity index (χ2v) is 4.75. The molecule has 0 radical (unpaired) electrons. The number of carbonyl (C=O) groups is 1. The van der Waals surface area contributed by atoms with Crippen LogP contribution < -0.4 is 5.32 Å². The molecule has 1 aromatic rings. The van der Waals surface area contributed by atoms with Gasteiger partial charge in [-0.15, -0.1) is 0 Å². The van der Waals surface area contributed by atoms with Crippen molar-refractivity contribution in [1.29, 1.82) is 0 Å². The van der Waals surface area contributed by atoms with E-state index in [1.54, 1.807) is 13.0 Å². The van der Waals surface area contributed by atoms with Gasteiger partial charge in [-0.3, -0.25) is 0 Å². The molecule has 98 valence electrons. The molecule has 0 aliphatic carbocycles. The largest absolute Gasteiger partial charge is 0.463 e. The lowest BCUT2D eigenvalue weighted by atomic mass is 10.1. The zero-order valence-electron chi connectivity index (χ0n) is 10.7. The van der Waals surface area contributed by atoms with Gasteiger partial charge in [-0.25, -0.2) is 4.79 Å². The molecule has 0 aliphatic rings. The topological polar surface area (TPSA) is 38.3 Å². The van der Waals surface area contributed by atoms with Crippen molar-refractivity contribution in [2.75, 3.05) is 13.2 Å². The molecule has 4 heteroatoms. The van der Waals surface area contributed by atoms with Crippen molar-refractivity contribution in [3.8, 4) is 0 Å². The lowest BCUT2D eigenvalue weighted by Gasteiger charge is -2.12. The van der Waals surface area contributed by atoms with Crippen molar-refractivity contribution in [3.05, 3.63) is 46.5 Å². The van der Waals surface area contributed by atoms with E-state index in [0.29, 0.717) is 13.2 Å². The van der Waals surface area contributed by atoms with Crippen molar-refractivity contribution >= 4 is 21.9 Å². The maximum absolute atomic E-state index is 11.1. The molecule has 0 fully saturated rings. The summed E-state index contributed by atoms with van der Waals surface area (Å²) in [4.78, 5) is 11.1. The van der Waals surface area contributed by atoms with Crippen LogP contribution in [0.15, 0.2) is 40.9 Å². The first-order chi connectivity index (χ1) is 8.63. The van der Waals surface area contributed by atoms with Crippen molar-refractivity contribution in [2.45, 2.75) is 19.9 Å². The fourth-order valence-corrected chi connectivity index (χ4v) is 1.72. The van der Waals surface area contributed by atoms with Crippen LogP contribution >= 0.6 is 15.9 Å².